The van der Waals surface area contributed by atoms with Crippen LogP contribution in [-0.2, 0) is 0 Å². The molecule has 0 radical (unpaired) electrons. The SMILES string of the molecule is CC(C)=C(C)/C=C\C=N. The Balaban J connectivity index is 4.06. The number of hydrogen-bond donors (Lipinski definition) is 1. The molecule has 0 spiro atoms. The average Bonchev–Trinajstić information content (AvgIpc) is 1.82. The van der Waals surface area contributed by atoms with Gasteiger partial charge >= 0.3 is 0 Å². The summed E-state index contributed by atoms with van der Waals surface area (Å²) in [6, 6.07) is 0. The lowest BCUT2D eigenvalue weighted by molar-refractivity contribution is 1.29. The Morgan fingerprint density at radius 2 is 1.78 bits per heavy atom. The van der Waals surface area contributed by atoms with Crippen LogP contribution in [-0.4, -0.2) is 6.21 Å². The van der Waals surface area contributed by atoms with Crippen molar-refractivity contribution in [2.24, 2.45) is 0 Å². The predicted molar refractivity (Wildman–Crippen MR) is 42.0 cm³/mol. The van der Waals surface area contributed by atoms with Gasteiger partial charge < -0.3 is 5.41 Å². The van der Waals surface area contributed by atoms with Gasteiger partial charge in [-0.1, -0.05) is 17.2 Å². The molecule has 50 valence electrons. The summed E-state index contributed by atoms with van der Waals surface area (Å²) < 4.78 is 0. The average molecular weight is 123 g/mol. The van der Waals surface area contributed by atoms with Gasteiger partial charge in [-0.25, -0.2) is 0 Å². The lowest BCUT2D eigenvalue weighted by Gasteiger charge is -1.91. The summed E-state index contributed by atoms with van der Waals surface area (Å²) in [7, 11) is 0. The second-order valence-corrected chi connectivity index (χ2v) is 2.21. The summed E-state index contributed by atoms with van der Waals surface area (Å²) in [6.07, 6.45) is 4.94. The van der Waals surface area contributed by atoms with E-state index in [1.807, 2.05) is 13.0 Å². The van der Waals surface area contributed by atoms with Crippen molar-refractivity contribution in [1.29, 1.82) is 5.41 Å². The van der Waals surface area contributed by atoms with Crippen molar-refractivity contribution in [2.45, 2.75) is 20.8 Å². The van der Waals surface area contributed by atoms with Gasteiger partial charge in [-0.2, -0.15) is 0 Å². The Morgan fingerprint density at radius 1 is 1.22 bits per heavy atom. The Bertz CT molecular complexity index is 148. The number of nitrogens with one attached hydrogen (secondary N) is 1. The van der Waals surface area contributed by atoms with Crippen LogP contribution in [0.3, 0.4) is 0 Å². The molecule has 0 heterocycles. The molecule has 0 aromatic heterocycles. The van der Waals surface area contributed by atoms with Crippen LogP contribution in [0.1, 0.15) is 20.8 Å². The molecule has 0 saturated heterocycles. The van der Waals surface area contributed by atoms with Crippen molar-refractivity contribution in [1.82, 2.24) is 0 Å². The maximum Gasteiger partial charge on any atom is 0.0177 e. The molecule has 0 unspecified atom stereocenters. The highest BCUT2D eigenvalue weighted by Crippen LogP contribution is 2.01. The van der Waals surface area contributed by atoms with Gasteiger partial charge in [-0.05, 0) is 26.8 Å². The number of allylic oxidation sites excluding steroid dienone is 4. The fraction of sp³-hybridized carbons (Fsp3) is 0.375. The molecule has 0 aromatic rings. The van der Waals surface area contributed by atoms with E-state index in [1.54, 1.807) is 6.08 Å². The second-order valence-electron chi connectivity index (χ2n) is 2.21. The van der Waals surface area contributed by atoms with Gasteiger partial charge in [0.2, 0.25) is 0 Å². The van der Waals surface area contributed by atoms with Crippen LogP contribution in [0.25, 0.3) is 0 Å². The summed E-state index contributed by atoms with van der Waals surface area (Å²) in [4.78, 5) is 0. The Labute approximate surface area is 56.6 Å². The molecule has 0 bridgehead atoms. The van der Waals surface area contributed by atoms with Crippen LogP contribution in [0.5, 0.6) is 0 Å². The molecule has 0 atom stereocenters. The van der Waals surface area contributed by atoms with Gasteiger partial charge in [0.25, 0.3) is 0 Å². The van der Waals surface area contributed by atoms with Crippen LogP contribution in [0.15, 0.2) is 23.3 Å². The number of hydrogen-bond acceptors (Lipinski definition) is 1. The fourth-order valence-corrected chi connectivity index (χ4v) is 0.359. The monoisotopic (exact) mass is 123 g/mol. The lowest BCUT2D eigenvalue weighted by atomic mass is 10.2. The highest BCUT2D eigenvalue weighted by molar-refractivity contribution is 5.68. The lowest BCUT2D eigenvalue weighted by Crippen LogP contribution is -1.72. The summed E-state index contributed by atoms with van der Waals surface area (Å²) in [5, 5.41) is 6.70. The van der Waals surface area contributed by atoms with Gasteiger partial charge in [-0.15, -0.1) is 0 Å². The Kier molecular flexibility index (Phi) is 3.69. The molecule has 0 aromatic carbocycles. The molecular formula is C8H13N. The molecule has 0 aliphatic carbocycles. The topological polar surface area (TPSA) is 23.9 Å². The standard InChI is InChI=1S/C8H13N/c1-7(2)8(3)5-4-6-9/h4-6,9H,1-3H3/b5-4-,9-6?. The zero-order valence-electron chi connectivity index (χ0n) is 6.23. The van der Waals surface area contributed by atoms with E-state index in [-0.39, 0.29) is 0 Å². The van der Waals surface area contributed by atoms with Crippen molar-refractivity contribution in [3.63, 3.8) is 0 Å². The van der Waals surface area contributed by atoms with Crippen molar-refractivity contribution in [2.75, 3.05) is 0 Å². The third kappa shape index (κ3) is 3.71. The van der Waals surface area contributed by atoms with Crippen LogP contribution in [0.2, 0.25) is 0 Å². The van der Waals surface area contributed by atoms with E-state index in [0.29, 0.717) is 0 Å². The molecule has 0 amide bonds. The van der Waals surface area contributed by atoms with Crippen molar-refractivity contribution in [3.05, 3.63) is 23.3 Å². The zero-order chi connectivity index (χ0) is 7.28. The smallest absolute Gasteiger partial charge is 0.0177 e. The van der Waals surface area contributed by atoms with Crippen LogP contribution < -0.4 is 0 Å². The summed E-state index contributed by atoms with van der Waals surface area (Å²) >= 11 is 0. The largest absolute Gasteiger partial charge is 0.309 e. The second kappa shape index (κ2) is 4.07. The van der Waals surface area contributed by atoms with Gasteiger partial charge in [-0.3, -0.25) is 0 Å². The molecule has 0 aliphatic rings. The molecule has 9 heavy (non-hydrogen) atoms. The Hall–Kier alpha value is -0.850. The van der Waals surface area contributed by atoms with Crippen LogP contribution in [0.4, 0.5) is 0 Å². The summed E-state index contributed by atoms with van der Waals surface area (Å²) in [5.74, 6) is 0. The normalized spacial score (nSPS) is 9.67. The quantitative estimate of drug-likeness (QED) is 0.431. The highest BCUT2D eigenvalue weighted by Gasteiger charge is 1.81. The maximum absolute atomic E-state index is 6.70. The fourth-order valence-electron chi connectivity index (χ4n) is 0.359. The zero-order valence-corrected chi connectivity index (χ0v) is 6.23. The van der Waals surface area contributed by atoms with E-state index in [2.05, 4.69) is 13.8 Å². The Morgan fingerprint density at radius 3 is 2.11 bits per heavy atom. The van der Waals surface area contributed by atoms with Gasteiger partial charge in [0, 0.05) is 6.21 Å². The molecule has 1 N–H and O–H groups in total. The number of rotatable bonds is 2. The van der Waals surface area contributed by atoms with E-state index in [0.717, 1.165) is 0 Å². The van der Waals surface area contributed by atoms with E-state index in [1.165, 1.54) is 17.4 Å². The van der Waals surface area contributed by atoms with E-state index >= 15 is 0 Å². The third-order valence-corrected chi connectivity index (χ3v) is 1.23. The summed E-state index contributed by atoms with van der Waals surface area (Å²) in [5.41, 5.74) is 2.53. The van der Waals surface area contributed by atoms with Gasteiger partial charge in [0.15, 0.2) is 0 Å². The third-order valence-electron chi connectivity index (χ3n) is 1.23. The molecule has 0 fully saturated rings. The van der Waals surface area contributed by atoms with Gasteiger partial charge in [0.05, 0.1) is 0 Å². The predicted octanol–water partition coefficient (Wildman–Crippen LogP) is 2.55. The molecule has 0 rings (SSSR count). The van der Waals surface area contributed by atoms with Crippen molar-refractivity contribution < 1.29 is 0 Å². The van der Waals surface area contributed by atoms with E-state index < -0.39 is 0 Å². The first kappa shape index (κ1) is 8.15. The minimum absolute atomic E-state index is 1.23. The van der Waals surface area contributed by atoms with E-state index in [4.69, 9.17) is 5.41 Å². The highest BCUT2D eigenvalue weighted by atomic mass is 14.3. The molecule has 0 aliphatic heterocycles. The summed E-state index contributed by atoms with van der Waals surface area (Å²) in [6.45, 7) is 6.16. The first-order valence-electron chi connectivity index (χ1n) is 2.99. The molecular weight excluding hydrogens is 110 g/mol. The van der Waals surface area contributed by atoms with Crippen LogP contribution in [0, 0.1) is 5.41 Å². The molecule has 1 nitrogen and oxygen atoms in total. The van der Waals surface area contributed by atoms with Crippen molar-refractivity contribution in [3.8, 4) is 0 Å². The molecule has 0 saturated carbocycles. The maximum atomic E-state index is 6.70. The van der Waals surface area contributed by atoms with Crippen molar-refractivity contribution >= 4 is 6.21 Å². The van der Waals surface area contributed by atoms with E-state index in [9.17, 15) is 0 Å². The van der Waals surface area contributed by atoms with Gasteiger partial charge in [0.1, 0.15) is 0 Å². The first-order chi connectivity index (χ1) is 4.18. The first-order valence-corrected chi connectivity index (χ1v) is 2.99. The minimum Gasteiger partial charge on any atom is -0.309 e. The molecule has 1 heteroatoms. The van der Waals surface area contributed by atoms with Crippen LogP contribution >= 0.6 is 0 Å². The minimum atomic E-state index is 1.23.